The Labute approximate surface area is 165 Å². The molecule has 0 amide bonds. The third-order valence-electron chi connectivity index (χ3n) is 7.32. The maximum atomic E-state index is 12.8. The molecule has 1 aromatic heterocycles. The normalized spacial score (nSPS) is 30.1. The van der Waals surface area contributed by atoms with Crippen LogP contribution in [0.25, 0.3) is 22.2 Å². The Hall–Kier alpha value is -2.31. The lowest BCUT2D eigenvalue weighted by Crippen LogP contribution is -2.24. The number of piperidine rings is 1. The zero-order valence-electron chi connectivity index (χ0n) is 16.2. The third-order valence-corrected chi connectivity index (χ3v) is 9.13. The molecular weight excluding hydrogens is 370 g/mol. The summed E-state index contributed by atoms with van der Waals surface area (Å²) in [7, 11) is -0.337. The van der Waals surface area contributed by atoms with Gasteiger partial charge in [-0.2, -0.15) is 0 Å². The Kier molecular flexibility index (Phi) is 2.96. The van der Waals surface area contributed by atoms with E-state index in [0.29, 0.717) is 16.4 Å². The SMILES string of the molecule is CN(C)S(=O)(=O)c1ccc(N2C[C@H]3[C@H]4C2[C@]43C)c(-c2cc3ccccc3[nH]2)c1. The van der Waals surface area contributed by atoms with Gasteiger partial charge in [-0.05, 0) is 47.6 Å². The fraction of sp³-hybridized carbons (Fsp3) is 0.364. The minimum Gasteiger partial charge on any atom is -0.367 e. The van der Waals surface area contributed by atoms with E-state index in [1.54, 1.807) is 20.2 Å². The molecular formula is C22H23N3O2S. The summed E-state index contributed by atoms with van der Waals surface area (Å²) >= 11 is 0. The van der Waals surface area contributed by atoms with Gasteiger partial charge in [0, 0.05) is 54.5 Å². The molecule has 1 N–H and O–H groups in total. The molecule has 2 bridgehead atoms. The fourth-order valence-corrected chi connectivity index (χ4v) is 6.44. The summed E-state index contributed by atoms with van der Waals surface area (Å²) in [5.74, 6) is 1.66. The molecule has 5 nitrogen and oxygen atoms in total. The van der Waals surface area contributed by atoms with E-state index < -0.39 is 10.0 Å². The summed E-state index contributed by atoms with van der Waals surface area (Å²) in [6.45, 7) is 3.47. The number of hydrogen-bond donors (Lipinski definition) is 1. The van der Waals surface area contributed by atoms with Gasteiger partial charge >= 0.3 is 0 Å². The van der Waals surface area contributed by atoms with E-state index in [-0.39, 0.29) is 0 Å². The van der Waals surface area contributed by atoms with Crippen LogP contribution in [0, 0.1) is 17.3 Å². The number of benzene rings is 2. The van der Waals surface area contributed by atoms with Crippen molar-refractivity contribution in [1.29, 1.82) is 0 Å². The van der Waals surface area contributed by atoms with Gasteiger partial charge in [-0.1, -0.05) is 25.1 Å². The molecule has 0 spiro atoms. The average molecular weight is 394 g/mol. The van der Waals surface area contributed by atoms with Gasteiger partial charge < -0.3 is 9.88 Å². The molecule has 7 rings (SSSR count). The van der Waals surface area contributed by atoms with Gasteiger partial charge in [0.05, 0.1) is 4.90 Å². The number of sulfonamides is 1. The van der Waals surface area contributed by atoms with Gasteiger partial charge in [0.15, 0.2) is 0 Å². The Morgan fingerprint density at radius 1 is 1.14 bits per heavy atom. The molecule has 3 heterocycles. The Balaban J connectivity index is 1.53. The second kappa shape index (κ2) is 4.99. The fourth-order valence-electron chi connectivity index (χ4n) is 5.51. The topological polar surface area (TPSA) is 56.4 Å². The maximum absolute atomic E-state index is 12.8. The highest BCUT2D eigenvalue weighted by molar-refractivity contribution is 7.89. The molecule has 3 aromatic rings. The molecule has 2 aromatic carbocycles. The van der Waals surface area contributed by atoms with Gasteiger partial charge in [0.2, 0.25) is 10.0 Å². The van der Waals surface area contributed by atoms with Crippen LogP contribution in [0.15, 0.2) is 53.4 Å². The number of anilines is 1. The second-order valence-electron chi connectivity index (χ2n) is 8.83. The molecule has 4 fully saturated rings. The molecule has 2 aliphatic heterocycles. The smallest absolute Gasteiger partial charge is 0.242 e. The number of rotatable bonds is 4. The molecule has 0 radical (unpaired) electrons. The summed E-state index contributed by atoms with van der Waals surface area (Å²) in [6.07, 6.45) is 0. The number of para-hydroxylation sites is 1. The van der Waals surface area contributed by atoms with Gasteiger partial charge in [-0.15, -0.1) is 0 Å². The van der Waals surface area contributed by atoms with E-state index in [0.717, 1.165) is 46.2 Å². The quantitative estimate of drug-likeness (QED) is 0.738. The highest BCUT2D eigenvalue weighted by atomic mass is 32.2. The first-order chi connectivity index (χ1) is 13.3. The monoisotopic (exact) mass is 393 g/mol. The zero-order valence-corrected chi connectivity index (χ0v) is 17.0. The van der Waals surface area contributed by atoms with Gasteiger partial charge in [0.25, 0.3) is 0 Å². The lowest BCUT2D eigenvalue weighted by molar-refractivity contribution is 0.521. The molecule has 1 unspecified atom stereocenters. The first-order valence-corrected chi connectivity index (χ1v) is 11.2. The van der Waals surface area contributed by atoms with Crippen LogP contribution < -0.4 is 4.90 Å². The van der Waals surface area contributed by atoms with E-state index in [2.05, 4.69) is 35.0 Å². The minimum atomic E-state index is -3.49. The van der Waals surface area contributed by atoms with Crippen molar-refractivity contribution in [1.82, 2.24) is 9.29 Å². The van der Waals surface area contributed by atoms with Crippen molar-refractivity contribution in [2.45, 2.75) is 17.9 Å². The van der Waals surface area contributed by atoms with Crippen LogP contribution in [0.1, 0.15) is 6.92 Å². The molecule has 28 heavy (non-hydrogen) atoms. The van der Waals surface area contributed by atoms with Crippen molar-refractivity contribution >= 4 is 26.6 Å². The Bertz CT molecular complexity index is 1210. The van der Waals surface area contributed by atoms with Crippen molar-refractivity contribution in [3.63, 3.8) is 0 Å². The highest BCUT2D eigenvalue weighted by Crippen LogP contribution is 2.85. The molecule has 4 atom stereocenters. The summed E-state index contributed by atoms with van der Waals surface area (Å²) < 4.78 is 26.8. The number of aromatic nitrogens is 1. The predicted octanol–water partition coefficient (Wildman–Crippen LogP) is 3.54. The van der Waals surface area contributed by atoms with E-state index in [9.17, 15) is 8.42 Å². The standard InChI is InChI=1S/C22H23N3O2S/c1-22-16-12-25(21(22)20(16)22)19-9-8-14(28(26,27)24(2)3)11-15(19)18-10-13-6-4-5-7-17(13)23-18/h4-11,16,20-21,23H,12H2,1-3H3/t16-,20-,21?,22-/m0/s1. The van der Waals surface area contributed by atoms with Crippen LogP contribution in [0.2, 0.25) is 0 Å². The zero-order chi connectivity index (χ0) is 19.4. The molecule has 2 saturated carbocycles. The van der Waals surface area contributed by atoms with Gasteiger partial charge in [-0.3, -0.25) is 0 Å². The first kappa shape index (κ1) is 16.6. The Morgan fingerprint density at radius 3 is 2.54 bits per heavy atom. The van der Waals surface area contributed by atoms with E-state index >= 15 is 0 Å². The molecule has 2 aliphatic carbocycles. The molecule has 6 heteroatoms. The van der Waals surface area contributed by atoms with Crippen molar-refractivity contribution in [2.75, 3.05) is 25.5 Å². The second-order valence-corrected chi connectivity index (χ2v) is 11.0. The molecule has 2 saturated heterocycles. The van der Waals surface area contributed by atoms with Crippen molar-refractivity contribution in [3.05, 3.63) is 48.5 Å². The third kappa shape index (κ3) is 1.92. The van der Waals surface area contributed by atoms with Crippen LogP contribution in [-0.2, 0) is 10.0 Å². The van der Waals surface area contributed by atoms with E-state index in [1.165, 1.54) is 4.31 Å². The largest absolute Gasteiger partial charge is 0.367 e. The average Bonchev–Trinajstić information content (AvgIpc) is 3.21. The van der Waals surface area contributed by atoms with Gasteiger partial charge in [-0.25, -0.2) is 12.7 Å². The lowest BCUT2D eigenvalue weighted by atomic mass is 10.1. The number of nitrogens with one attached hydrogen (secondary N) is 1. The lowest BCUT2D eigenvalue weighted by Gasteiger charge is -2.23. The first-order valence-electron chi connectivity index (χ1n) is 9.75. The molecule has 4 aliphatic rings. The number of aromatic amines is 1. The summed E-state index contributed by atoms with van der Waals surface area (Å²) in [5.41, 5.74) is 4.65. The summed E-state index contributed by atoms with van der Waals surface area (Å²) in [5, 5.41) is 1.13. The summed E-state index contributed by atoms with van der Waals surface area (Å²) in [6, 6.07) is 16.5. The Morgan fingerprint density at radius 2 is 1.89 bits per heavy atom. The van der Waals surface area contributed by atoms with Crippen molar-refractivity contribution < 1.29 is 8.42 Å². The maximum Gasteiger partial charge on any atom is 0.242 e. The van der Waals surface area contributed by atoms with Crippen LogP contribution in [-0.4, -0.2) is 44.4 Å². The van der Waals surface area contributed by atoms with Crippen molar-refractivity contribution in [2.24, 2.45) is 17.3 Å². The predicted molar refractivity (Wildman–Crippen MR) is 111 cm³/mol. The van der Waals surface area contributed by atoms with E-state index in [1.807, 2.05) is 24.3 Å². The van der Waals surface area contributed by atoms with E-state index in [4.69, 9.17) is 0 Å². The van der Waals surface area contributed by atoms with Gasteiger partial charge in [0.1, 0.15) is 0 Å². The number of hydrogen-bond acceptors (Lipinski definition) is 3. The summed E-state index contributed by atoms with van der Waals surface area (Å²) in [4.78, 5) is 6.33. The van der Waals surface area contributed by atoms with Crippen LogP contribution >= 0.6 is 0 Å². The minimum absolute atomic E-state index is 0.333. The van der Waals surface area contributed by atoms with Crippen molar-refractivity contribution in [3.8, 4) is 11.3 Å². The molecule has 144 valence electrons. The number of fused-ring (bicyclic) bond motifs is 2. The van der Waals surface area contributed by atoms with Crippen LogP contribution in [0.4, 0.5) is 5.69 Å². The number of H-pyrrole nitrogens is 1. The van der Waals surface area contributed by atoms with Crippen LogP contribution in [0.5, 0.6) is 0 Å². The van der Waals surface area contributed by atoms with Crippen LogP contribution in [0.3, 0.4) is 0 Å². The number of nitrogens with zero attached hydrogens (tertiary/aromatic N) is 2. The highest BCUT2D eigenvalue weighted by Gasteiger charge is 2.89.